The van der Waals surface area contributed by atoms with Gasteiger partial charge >= 0.3 is 5.97 Å². The molecule has 2 rings (SSSR count). The Kier molecular flexibility index (Phi) is 6.52. The van der Waals surface area contributed by atoms with Crippen LogP contribution in [-0.4, -0.2) is 19.0 Å². The van der Waals surface area contributed by atoms with Crippen molar-refractivity contribution in [2.24, 2.45) is 0 Å². The Morgan fingerprint density at radius 2 is 1.80 bits per heavy atom. The lowest BCUT2D eigenvalue weighted by atomic mass is 9.97. The lowest BCUT2D eigenvalue weighted by Crippen LogP contribution is -2.10. The van der Waals surface area contributed by atoms with Gasteiger partial charge in [-0.15, -0.1) is 0 Å². The minimum atomic E-state index is -0.380. The molecular weight excluding hydrogens is 314 g/mol. The van der Waals surface area contributed by atoms with Crippen LogP contribution in [0.15, 0.2) is 54.6 Å². The quantitative estimate of drug-likeness (QED) is 0.617. The number of esters is 1. The monoisotopic (exact) mass is 337 g/mol. The number of anilines is 1. The molecule has 1 atom stereocenters. The molecule has 0 saturated heterocycles. The first-order valence-corrected chi connectivity index (χ1v) is 8.31. The van der Waals surface area contributed by atoms with Crippen LogP contribution in [0, 0.1) is 0 Å². The van der Waals surface area contributed by atoms with Crippen LogP contribution in [-0.2, 0) is 9.53 Å². The fourth-order valence-corrected chi connectivity index (χ4v) is 2.45. The summed E-state index contributed by atoms with van der Waals surface area (Å²) in [5.41, 5.74) is 3.28. The second-order valence-corrected chi connectivity index (χ2v) is 5.83. The van der Waals surface area contributed by atoms with Gasteiger partial charge in [-0.1, -0.05) is 44.2 Å². The van der Waals surface area contributed by atoms with Crippen molar-refractivity contribution in [1.82, 2.24) is 0 Å². The number of methoxy groups -OCH3 is 1. The Hall–Kier alpha value is -2.88. The van der Waals surface area contributed by atoms with Gasteiger partial charge in [0, 0.05) is 11.8 Å². The van der Waals surface area contributed by atoms with Crippen LogP contribution in [0.25, 0.3) is 6.08 Å². The van der Waals surface area contributed by atoms with E-state index in [1.165, 1.54) is 13.2 Å². The first-order valence-electron chi connectivity index (χ1n) is 8.31. The third-order valence-electron chi connectivity index (χ3n) is 4.12. The van der Waals surface area contributed by atoms with Gasteiger partial charge in [0.2, 0.25) is 5.91 Å². The summed E-state index contributed by atoms with van der Waals surface area (Å²) in [7, 11) is 1.34. The summed E-state index contributed by atoms with van der Waals surface area (Å²) in [4.78, 5) is 23.6. The minimum absolute atomic E-state index is 0.187. The first-order chi connectivity index (χ1) is 12.0. The van der Waals surface area contributed by atoms with Crippen molar-refractivity contribution in [1.29, 1.82) is 0 Å². The lowest BCUT2D eigenvalue weighted by molar-refractivity contribution is -0.111. The SMILES string of the molecule is CC[C@H](C)c1ccccc1NC(=O)/C=C/c1ccc(C(=O)OC)cc1. The third kappa shape index (κ3) is 5.05. The molecule has 0 aliphatic rings. The maximum absolute atomic E-state index is 12.2. The van der Waals surface area contributed by atoms with Gasteiger partial charge in [0.25, 0.3) is 0 Å². The van der Waals surface area contributed by atoms with Gasteiger partial charge in [-0.05, 0) is 47.7 Å². The summed E-state index contributed by atoms with van der Waals surface area (Å²) in [6.07, 6.45) is 4.21. The van der Waals surface area contributed by atoms with Crippen molar-refractivity contribution in [2.75, 3.05) is 12.4 Å². The molecule has 2 aromatic rings. The number of hydrogen-bond donors (Lipinski definition) is 1. The van der Waals surface area contributed by atoms with Gasteiger partial charge < -0.3 is 10.1 Å². The van der Waals surface area contributed by atoms with Crippen LogP contribution in [0.5, 0.6) is 0 Å². The van der Waals surface area contributed by atoms with Crippen LogP contribution in [0.3, 0.4) is 0 Å². The Labute approximate surface area is 148 Å². The molecule has 130 valence electrons. The molecular formula is C21H23NO3. The molecule has 0 spiro atoms. The fraction of sp³-hybridized carbons (Fsp3) is 0.238. The van der Waals surface area contributed by atoms with E-state index in [2.05, 4.69) is 23.9 Å². The molecule has 0 fully saturated rings. The average Bonchev–Trinajstić information content (AvgIpc) is 2.66. The smallest absolute Gasteiger partial charge is 0.337 e. The highest BCUT2D eigenvalue weighted by Crippen LogP contribution is 2.26. The minimum Gasteiger partial charge on any atom is -0.465 e. The number of hydrogen-bond acceptors (Lipinski definition) is 3. The van der Waals surface area contributed by atoms with Crippen LogP contribution in [0.2, 0.25) is 0 Å². The number of para-hydroxylation sites is 1. The molecule has 25 heavy (non-hydrogen) atoms. The topological polar surface area (TPSA) is 55.4 Å². The standard InChI is InChI=1S/C21H23NO3/c1-4-15(2)18-7-5-6-8-19(18)22-20(23)14-11-16-9-12-17(13-10-16)21(24)25-3/h5-15H,4H2,1-3H3,(H,22,23)/b14-11+/t15-/m0/s1. The summed E-state index contributed by atoms with van der Waals surface area (Å²) in [5.74, 6) is -0.186. The largest absolute Gasteiger partial charge is 0.465 e. The molecule has 1 N–H and O–H groups in total. The highest BCUT2D eigenvalue weighted by Gasteiger charge is 2.09. The highest BCUT2D eigenvalue weighted by atomic mass is 16.5. The maximum atomic E-state index is 12.2. The van der Waals surface area contributed by atoms with Gasteiger partial charge in [0.15, 0.2) is 0 Å². The van der Waals surface area contributed by atoms with E-state index in [0.717, 1.165) is 23.2 Å². The van der Waals surface area contributed by atoms with E-state index in [9.17, 15) is 9.59 Å². The van der Waals surface area contributed by atoms with Crippen LogP contribution < -0.4 is 5.32 Å². The summed E-state index contributed by atoms with van der Waals surface area (Å²) in [6.45, 7) is 4.27. The van der Waals surface area contributed by atoms with E-state index in [1.807, 2.05) is 24.3 Å². The van der Waals surface area contributed by atoms with Crippen LogP contribution in [0.4, 0.5) is 5.69 Å². The summed E-state index contributed by atoms with van der Waals surface area (Å²) in [6, 6.07) is 14.7. The molecule has 0 aliphatic carbocycles. The Bertz CT molecular complexity index is 763. The zero-order valence-electron chi connectivity index (χ0n) is 14.8. The zero-order chi connectivity index (χ0) is 18.2. The van der Waals surface area contributed by atoms with Crippen LogP contribution in [0.1, 0.15) is 47.7 Å². The van der Waals surface area contributed by atoms with E-state index in [-0.39, 0.29) is 11.9 Å². The summed E-state index contributed by atoms with van der Waals surface area (Å²) in [5, 5.41) is 2.93. The van der Waals surface area contributed by atoms with Crippen molar-refractivity contribution < 1.29 is 14.3 Å². The van der Waals surface area contributed by atoms with Gasteiger partial charge in [-0.25, -0.2) is 4.79 Å². The Balaban J connectivity index is 2.05. The van der Waals surface area contributed by atoms with E-state index >= 15 is 0 Å². The molecule has 1 amide bonds. The average molecular weight is 337 g/mol. The van der Waals surface area contributed by atoms with Crippen molar-refractivity contribution in [3.05, 3.63) is 71.3 Å². The molecule has 0 saturated carbocycles. The molecule has 0 aliphatic heterocycles. The Morgan fingerprint density at radius 1 is 1.12 bits per heavy atom. The zero-order valence-corrected chi connectivity index (χ0v) is 14.8. The third-order valence-corrected chi connectivity index (χ3v) is 4.12. The molecule has 0 heterocycles. The normalized spacial score (nSPS) is 12.0. The number of amides is 1. The number of ether oxygens (including phenoxy) is 1. The molecule has 0 radical (unpaired) electrons. The van der Waals surface area contributed by atoms with Crippen molar-refractivity contribution in [2.45, 2.75) is 26.2 Å². The molecule has 0 unspecified atom stereocenters. The van der Waals surface area contributed by atoms with Crippen molar-refractivity contribution >= 4 is 23.6 Å². The van der Waals surface area contributed by atoms with Gasteiger partial charge in [-0.3, -0.25) is 4.79 Å². The van der Waals surface area contributed by atoms with E-state index in [1.54, 1.807) is 30.3 Å². The van der Waals surface area contributed by atoms with Crippen LogP contribution >= 0.6 is 0 Å². The van der Waals surface area contributed by atoms with E-state index in [4.69, 9.17) is 0 Å². The second-order valence-electron chi connectivity index (χ2n) is 5.83. The van der Waals surface area contributed by atoms with Gasteiger partial charge in [0.1, 0.15) is 0 Å². The number of benzene rings is 2. The second kappa shape index (κ2) is 8.83. The summed E-state index contributed by atoms with van der Waals surface area (Å²) >= 11 is 0. The molecule has 2 aromatic carbocycles. The molecule has 4 heteroatoms. The molecule has 0 aromatic heterocycles. The van der Waals surface area contributed by atoms with Crippen molar-refractivity contribution in [3.8, 4) is 0 Å². The maximum Gasteiger partial charge on any atom is 0.337 e. The Morgan fingerprint density at radius 3 is 2.44 bits per heavy atom. The number of nitrogens with one attached hydrogen (secondary N) is 1. The predicted molar refractivity (Wildman–Crippen MR) is 101 cm³/mol. The van der Waals surface area contributed by atoms with E-state index in [0.29, 0.717) is 11.5 Å². The lowest BCUT2D eigenvalue weighted by Gasteiger charge is -2.14. The molecule has 4 nitrogen and oxygen atoms in total. The van der Waals surface area contributed by atoms with Gasteiger partial charge in [0.05, 0.1) is 12.7 Å². The van der Waals surface area contributed by atoms with Crippen molar-refractivity contribution in [3.63, 3.8) is 0 Å². The fourth-order valence-electron chi connectivity index (χ4n) is 2.45. The van der Waals surface area contributed by atoms with E-state index < -0.39 is 0 Å². The first kappa shape index (κ1) is 18.5. The summed E-state index contributed by atoms with van der Waals surface area (Å²) < 4.78 is 4.66. The predicted octanol–water partition coefficient (Wildman–Crippen LogP) is 4.64. The highest BCUT2D eigenvalue weighted by molar-refractivity contribution is 6.02. The van der Waals surface area contributed by atoms with Gasteiger partial charge in [-0.2, -0.15) is 0 Å². The number of rotatable bonds is 6. The molecule has 0 bridgehead atoms. The number of carbonyl (C=O) groups is 2. The number of carbonyl (C=O) groups excluding carboxylic acids is 2.